The second-order valence-electron chi connectivity index (χ2n) is 16.0. The zero-order chi connectivity index (χ0) is 39.7. The highest BCUT2D eigenvalue weighted by Crippen LogP contribution is 2.52. The molecule has 2 heterocycles. The molecule has 0 atom stereocenters. The molecule has 10 rings (SSSR count). The average Bonchev–Trinajstić information content (AvgIpc) is 3.87. The predicted octanol–water partition coefficient (Wildman–Crippen LogP) is 14.8. The summed E-state index contributed by atoms with van der Waals surface area (Å²) in [7, 11) is 4.30. The minimum atomic E-state index is 1.12. The number of benzene rings is 8. The van der Waals surface area contributed by atoms with Crippen LogP contribution in [0.5, 0.6) is 0 Å². The summed E-state index contributed by atoms with van der Waals surface area (Å²) in [5.74, 6) is 0. The van der Waals surface area contributed by atoms with E-state index in [-0.39, 0.29) is 0 Å². The summed E-state index contributed by atoms with van der Waals surface area (Å²) < 4.78 is 4.49. The van der Waals surface area contributed by atoms with Gasteiger partial charge in [0.05, 0.1) is 11.4 Å². The van der Waals surface area contributed by atoms with Crippen LogP contribution >= 0.6 is 0 Å². The van der Waals surface area contributed by atoms with E-state index in [1.807, 2.05) is 0 Å². The normalized spacial score (nSPS) is 11.6. The Morgan fingerprint density at radius 3 is 0.914 bits per heavy atom. The lowest BCUT2D eigenvalue weighted by Crippen LogP contribution is -2.12. The van der Waals surface area contributed by atoms with Gasteiger partial charge in [0.25, 0.3) is 0 Å². The summed E-state index contributed by atoms with van der Waals surface area (Å²) in [5, 5.41) is 7.41. The van der Waals surface area contributed by atoms with Crippen LogP contribution in [0.3, 0.4) is 0 Å². The monoisotopic (exact) mass is 750 g/mol. The number of rotatable bonds is 8. The highest BCUT2D eigenvalue weighted by Gasteiger charge is 2.26. The molecule has 282 valence electrons. The fraction of sp³-hybridized carbons (Fsp3) is 0.111. The van der Waals surface area contributed by atoms with Gasteiger partial charge in [-0.3, -0.25) is 0 Å². The first kappa shape index (κ1) is 35.4. The van der Waals surface area contributed by atoms with E-state index in [0.717, 1.165) is 34.1 Å². The van der Waals surface area contributed by atoms with E-state index < -0.39 is 0 Å². The summed E-state index contributed by atoms with van der Waals surface area (Å²) in [6.07, 6.45) is 4.30. The maximum absolute atomic E-state index is 2.45. The Morgan fingerprint density at radius 1 is 0.345 bits per heavy atom. The second kappa shape index (κ2) is 13.9. The topological polar surface area (TPSA) is 16.3 Å². The molecule has 8 aromatic carbocycles. The average molecular weight is 751 g/mol. The molecular weight excluding hydrogens is 705 g/mol. The summed E-state index contributed by atoms with van der Waals surface area (Å²) in [6, 6.07) is 58.8. The molecule has 0 aliphatic rings. The number of nitrogens with zero attached hydrogens (tertiary/aromatic N) is 4. The molecule has 0 aliphatic heterocycles. The Labute approximate surface area is 340 Å². The SMILES string of the molecule is Cc1ccc(N(c2ccc(C)cc2)c2cc(-c3cccn3C)c3ccc4c(N(c5ccc(C)cc5)c5ccc(C)cc5)cc(-c5cccn5C)c5ccc2c3c54)cc1. The molecule has 58 heavy (non-hydrogen) atoms. The third-order valence-corrected chi connectivity index (χ3v) is 11.9. The lowest BCUT2D eigenvalue weighted by atomic mass is 9.86. The Balaban J connectivity index is 1.38. The van der Waals surface area contributed by atoms with Crippen LogP contribution in [0.25, 0.3) is 54.8 Å². The van der Waals surface area contributed by atoms with Gasteiger partial charge in [-0.1, -0.05) is 95.1 Å². The van der Waals surface area contributed by atoms with Gasteiger partial charge in [0.2, 0.25) is 0 Å². The molecule has 0 bridgehead atoms. The van der Waals surface area contributed by atoms with Crippen LogP contribution in [0.4, 0.5) is 34.1 Å². The lowest BCUT2D eigenvalue weighted by molar-refractivity contribution is 0.938. The van der Waals surface area contributed by atoms with E-state index in [0.29, 0.717) is 0 Å². The minimum Gasteiger partial charge on any atom is -0.351 e. The van der Waals surface area contributed by atoms with Crippen molar-refractivity contribution in [2.45, 2.75) is 27.7 Å². The van der Waals surface area contributed by atoms with Gasteiger partial charge in [-0.05, 0) is 123 Å². The highest BCUT2D eigenvalue weighted by molar-refractivity contribution is 6.32. The van der Waals surface area contributed by atoms with Crippen molar-refractivity contribution in [3.05, 3.63) is 192 Å². The Morgan fingerprint density at radius 2 is 0.638 bits per heavy atom. The van der Waals surface area contributed by atoms with Crippen molar-refractivity contribution < 1.29 is 0 Å². The first-order valence-corrected chi connectivity index (χ1v) is 20.1. The minimum absolute atomic E-state index is 1.12. The van der Waals surface area contributed by atoms with Gasteiger partial charge >= 0.3 is 0 Å². The summed E-state index contributed by atoms with van der Waals surface area (Å²) in [6.45, 7) is 8.62. The van der Waals surface area contributed by atoms with Crippen LogP contribution in [0.2, 0.25) is 0 Å². The van der Waals surface area contributed by atoms with Crippen molar-refractivity contribution >= 4 is 66.4 Å². The Bertz CT molecular complexity index is 2790. The van der Waals surface area contributed by atoms with Crippen LogP contribution in [-0.4, -0.2) is 9.13 Å². The van der Waals surface area contributed by atoms with Gasteiger partial charge in [0.15, 0.2) is 0 Å². The van der Waals surface area contributed by atoms with Crippen molar-refractivity contribution in [3.63, 3.8) is 0 Å². The number of hydrogen-bond donors (Lipinski definition) is 0. The second-order valence-corrected chi connectivity index (χ2v) is 16.0. The first-order chi connectivity index (χ1) is 28.2. The number of aromatic nitrogens is 2. The Kier molecular flexibility index (Phi) is 8.45. The molecule has 10 aromatic rings. The predicted molar refractivity (Wildman–Crippen MR) is 247 cm³/mol. The zero-order valence-corrected chi connectivity index (χ0v) is 34.0. The molecule has 0 spiro atoms. The van der Waals surface area contributed by atoms with Crippen LogP contribution in [0.1, 0.15) is 22.3 Å². The molecule has 0 unspecified atom stereocenters. The van der Waals surface area contributed by atoms with E-state index >= 15 is 0 Å². The first-order valence-electron chi connectivity index (χ1n) is 20.1. The van der Waals surface area contributed by atoms with Gasteiger partial charge in [0, 0.05) is 93.3 Å². The highest BCUT2D eigenvalue weighted by atomic mass is 15.2. The third-order valence-electron chi connectivity index (χ3n) is 11.9. The summed E-state index contributed by atoms with van der Waals surface area (Å²) in [5.41, 5.74) is 16.5. The molecule has 0 radical (unpaired) electrons. The van der Waals surface area contributed by atoms with Crippen LogP contribution < -0.4 is 9.80 Å². The smallest absolute Gasteiger partial charge is 0.0547 e. The molecular formula is C54H46N4. The molecule has 0 N–H and O–H groups in total. The lowest BCUT2D eigenvalue weighted by Gasteiger charge is -2.31. The number of hydrogen-bond acceptors (Lipinski definition) is 2. The zero-order valence-electron chi connectivity index (χ0n) is 34.0. The van der Waals surface area contributed by atoms with Crippen LogP contribution in [0, 0.1) is 27.7 Å². The van der Waals surface area contributed by atoms with E-state index in [4.69, 9.17) is 0 Å². The molecule has 4 heteroatoms. The van der Waals surface area contributed by atoms with E-state index in [2.05, 4.69) is 231 Å². The number of aryl methyl sites for hydroxylation is 6. The maximum atomic E-state index is 2.45. The van der Waals surface area contributed by atoms with Crippen molar-refractivity contribution in [2.75, 3.05) is 9.80 Å². The molecule has 0 fully saturated rings. The summed E-state index contributed by atoms with van der Waals surface area (Å²) >= 11 is 0. The molecule has 0 amide bonds. The fourth-order valence-corrected chi connectivity index (χ4v) is 8.86. The largest absolute Gasteiger partial charge is 0.351 e. The van der Waals surface area contributed by atoms with Gasteiger partial charge in [-0.2, -0.15) is 0 Å². The van der Waals surface area contributed by atoms with Crippen LogP contribution in [0.15, 0.2) is 170 Å². The van der Waals surface area contributed by atoms with Gasteiger partial charge in [-0.25, -0.2) is 0 Å². The molecule has 4 nitrogen and oxygen atoms in total. The van der Waals surface area contributed by atoms with E-state index in [1.54, 1.807) is 0 Å². The standard InChI is InChI=1S/C54H46N4/c1-35-11-19-39(20-12-35)57(40-21-13-36(2)14-22-40)51-33-47(49-9-7-31-55(49)5)43-28-30-46-52(58(41-23-15-37(3)16-24-41)42-25-17-38(4)18-26-42)34-48(50-10-8-32-56(50)6)44-27-29-45(51)53(43)54(44)46/h7-34H,1-6H3. The quantitative estimate of drug-likeness (QED) is 0.144. The van der Waals surface area contributed by atoms with Crippen molar-refractivity contribution in [1.82, 2.24) is 9.13 Å². The third kappa shape index (κ3) is 5.83. The van der Waals surface area contributed by atoms with E-state index in [1.165, 1.54) is 77.1 Å². The van der Waals surface area contributed by atoms with Gasteiger partial charge in [0.1, 0.15) is 0 Å². The maximum Gasteiger partial charge on any atom is 0.0547 e. The van der Waals surface area contributed by atoms with E-state index in [9.17, 15) is 0 Å². The van der Waals surface area contributed by atoms with Crippen molar-refractivity contribution in [1.29, 1.82) is 0 Å². The van der Waals surface area contributed by atoms with Crippen molar-refractivity contribution in [3.8, 4) is 22.5 Å². The fourth-order valence-electron chi connectivity index (χ4n) is 8.86. The summed E-state index contributed by atoms with van der Waals surface area (Å²) in [4.78, 5) is 4.89. The molecule has 0 saturated heterocycles. The van der Waals surface area contributed by atoms with Gasteiger partial charge < -0.3 is 18.9 Å². The molecule has 2 aromatic heterocycles. The van der Waals surface area contributed by atoms with Crippen LogP contribution in [-0.2, 0) is 14.1 Å². The molecule has 0 aliphatic carbocycles. The van der Waals surface area contributed by atoms with Gasteiger partial charge in [-0.15, -0.1) is 0 Å². The van der Waals surface area contributed by atoms with Crippen molar-refractivity contribution in [2.24, 2.45) is 14.1 Å². The molecule has 0 saturated carbocycles. The Hall–Kier alpha value is -7.04. The number of anilines is 6.